The molecule has 0 aliphatic carbocycles. The van der Waals surface area contributed by atoms with Gasteiger partial charge in [0.05, 0.1) is 5.69 Å². The van der Waals surface area contributed by atoms with Crippen LogP contribution >= 0.6 is 0 Å². The van der Waals surface area contributed by atoms with E-state index in [1.807, 2.05) is 49.4 Å². The molecule has 3 aromatic carbocycles. The molecular weight excluding hydrogens is 324 g/mol. The van der Waals surface area contributed by atoms with Crippen LogP contribution < -0.4 is 0 Å². The Kier molecular flexibility index (Phi) is 4.01. The normalized spacial score (nSPS) is 11.5. The minimum absolute atomic E-state index is 0.236. The van der Waals surface area contributed by atoms with Crippen molar-refractivity contribution in [3.63, 3.8) is 0 Å². The molecule has 26 heavy (non-hydrogen) atoms. The number of aryl methyl sites for hydroxylation is 2. The molecule has 0 unspecified atom stereocenters. The number of benzene rings is 3. The van der Waals surface area contributed by atoms with Crippen LogP contribution in [-0.4, -0.2) is 5.11 Å². The fourth-order valence-corrected chi connectivity index (χ4v) is 2.83. The summed E-state index contributed by atoms with van der Waals surface area (Å²) in [6, 6.07) is 21.7. The first-order valence-electron chi connectivity index (χ1n) is 8.40. The number of nitrogens with zero attached hydrogens (tertiary/aromatic N) is 2. The maximum absolute atomic E-state index is 10.0. The first-order valence-corrected chi connectivity index (χ1v) is 8.40. The van der Waals surface area contributed by atoms with Crippen molar-refractivity contribution in [3.05, 3.63) is 77.9 Å². The van der Waals surface area contributed by atoms with Crippen molar-refractivity contribution in [1.29, 1.82) is 0 Å². The number of hydrogen-bond acceptors (Lipinski definition) is 4. The Labute approximate surface area is 151 Å². The van der Waals surface area contributed by atoms with Crippen LogP contribution in [0.1, 0.15) is 11.1 Å². The van der Waals surface area contributed by atoms with Gasteiger partial charge in [-0.25, -0.2) is 0 Å². The van der Waals surface area contributed by atoms with Crippen LogP contribution in [-0.2, 0) is 0 Å². The highest BCUT2D eigenvalue weighted by Gasteiger charge is 2.12. The number of fused-ring (bicyclic) bond motifs is 1. The molecule has 0 spiro atoms. The van der Waals surface area contributed by atoms with E-state index in [-0.39, 0.29) is 5.95 Å². The fraction of sp³-hybridized carbons (Fsp3) is 0.0909. The third-order valence-electron chi connectivity index (χ3n) is 4.28. The van der Waals surface area contributed by atoms with E-state index in [0.717, 1.165) is 22.2 Å². The molecule has 4 nitrogen and oxygen atoms in total. The van der Waals surface area contributed by atoms with Crippen molar-refractivity contribution in [2.24, 2.45) is 10.2 Å². The second-order valence-corrected chi connectivity index (χ2v) is 6.40. The average molecular weight is 342 g/mol. The number of hydrogen-bond donors (Lipinski definition) is 1. The monoisotopic (exact) mass is 342 g/mol. The molecule has 0 aliphatic heterocycles. The lowest BCUT2D eigenvalue weighted by Gasteiger charge is -2.02. The summed E-state index contributed by atoms with van der Waals surface area (Å²) in [6.07, 6.45) is 0. The minimum Gasteiger partial charge on any atom is -0.479 e. The van der Waals surface area contributed by atoms with E-state index >= 15 is 0 Å². The Balaban J connectivity index is 1.65. The van der Waals surface area contributed by atoms with Gasteiger partial charge in [-0.15, -0.1) is 5.11 Å². The van der Waals surface area contributed by atoms with Gasteiger partial charge >= 0.3 is 5.95 Å². The van der Waals surface area contributed by atoms with Gasteiger partial charge in [-0.1, -0.05) is 53.6 Å². The predicted molar refractivity (Wildman–Crippen MR) is 103 cm³/mol. The van der Waals surface area contributed by atoms with Crippen LogP contribution in [0.15, 0.2) is 81.4 Å². The predicted octanol–water partition coefficient (Wildman–Crippen LogP) is 6.84. The Morgan fingerprint density at radius 1 is 0.731 bits per heavy atom. The molecule has 4 rings (SSSR count). The van der Waals surface area contributed by atoms with Crippen LogP contribution in [0, 0.1) is 13.8 Å². The van der Waals surface area contributed by atoms with E-state index in [4.69, 9.17) is 4.42 Å². The number of rotatable bonds is 3. The molecule has 128 valence electrons. The van der Waals surface area contributed by atoms with Crippen molar-refractivity contribution in [2.45, 2.75) is 13.8 Å². The van der Waals surface area contributed by atoms with Crippen molar-refractivity contribution in [3.8, 4) is 17.3 Å². The van der Waals surface area contributed by atoms with Gasteiger partial charge < -0.3 is 9.52 Å². The molecule has 0 atom stereocenters. The molecule has 1 heterocycles. The zero-order valence-electron chi connectivity index (χ0n) is 14.6. The molecule has 4 heteroatoms. The summed E-state index contributed by atoms with van der Waals surface area (Å²) in [4.78, 5) is 0. The second kappa shape index (κ2) is 6.48. The van der Waals surface area contributed by atoms with Crippen molar-refractivity contribution in [1.82, 2.24) is 0 Å². The molecule has 0 bridgehead atoms. The van der Waals surface area contributed by atoms with E-state index in [9.17, 15) is 5.11 Å². The van der Waals surface area contributed by atoms with Crippen LogP contribution in [0.2, 0.25) is 0 Å². The number of aromatic hydroxyl groups is 1. The molecule has 0 saturated carbocycles. The quantitative estimate of drug-likeness (QED) is 0.414. The third kappa shape index (κ3) is 3.22. The molecule has 0 aliphatic rings. The van der Waals surface area contributed by atoms with Gasteiger partial charge in [-0.2, -0.15) is 5.11 Å². The smallest absolute Gasteiger partial charge is 0.311 e. The lowest BCUT2D eigenvalue weighted by Crippen LogP contribution is -1.78. The van der Waals surface area contributed by atoms with Crippen LogP contribution in [0.3, 0.4) is 0 Å². The van der Waals surface area contributed by atoms with Crippen molar-refractivity contribution >= 4 is 22.1 Å². The van der Waals surface area contributed by atoms with Crippen LogP contribution in [0.25, 0.3) is 22.1 Å². The van der Waals surface area contributed by atoms with E-state index in [1.54, 1.807) is 6.07 Å². The highest BCUT2D eigenvalue weighted by molar-refractivity contribution is 5.87. The summed E-state index contributed by atoms with van der Waals surface area (Å²) in [5, 5.41) is 20.6. The molecule has 0 saturated heterocycles. The van der Waals surface area contributed by atoms with Gasteiger partial charge in [0.1, 0.15) is 5.76 Å². The summed E-state index contributed by atoms with van der Waals surface area (Å²) in [7, 11) is 0. The third-order valence-corrected chi connectivity index (χ3v) is 4.28. The maximum Gasteiger partial charge on any atom is 0.311 e. The van der Waals surface area contributed by atoms with Gasteiger partial charge in [0.2, 0.25) is 0 Å². The van der Waals surface area contributed by atoms with Gasteiger partial charge in [0.25, 0.3) is 0 Å². The fourth-order valence-electron chi connectivity index (χ4n) is 2.83. The standard InChI is InChI=1S/C22H18N2O2/c1-14-4-9-19(10-5-14)23-24-20-13-21(26-22(20)25)18-8-7-16-11-15(2)3-6-17(16)12-18/h3-13,25H,1-2H3. The molecule has 1 N–H and O–H groups in total. The molecule has 4 aromatic rings. The summed E-state index contributed by atoms with van der Waals surface area (Å²) >= 11 is 0. The van der Waals surface area contributed by atoms with E-state index in [0.29, 0.717) is 11.4 Å². The molecule has 0 radical (unpaired) electrons. The maximum atomic E-state index is 10.0. The molecule has 0 fully saturated rings. The van der Waals surface area contributed by atoms with Crippen LogP contribution in [0.4, 0.5) is 11.4 Å². The first kappa shape index (κ1) is 16.1. The lowest BCUT2D eigenvalue weighted by molar-refractivity contribution is 0.339. The van der Waals surface area contributed by atoms with E-state index < -0.39 is 0 Å². The van der Waals surface area contributed by atoms with Crippen molar-refractivity contribution < 1.29 is 9.52 Å². The van der Waals surface area contributed by atoms with E-state index in [2.05, 4.69) is 35.4 Å². The zero-order valence-corrected chi connectivity index (χ0v) is 14.6. The van der Waals surface area contributed by atoms with Crippen LogP contribution in [0.5, 0.6) is 5.95 Å². The van der Waals surface area contributed by atoms with E-state index in [1.165, 1.54) is 10.9 Å². The SMILES string of the molecule is Cc1ccc(N=Nc2cc(-c3ccc4cc(C)ccc4c3)oc2O)cc1. The topological polar surface area (TPSA) is 58.1 Å². The highest BCUT2D eigenvalue weighted by atomic mass is 16.5. The van der Waals surface area contributed by atoms with Gasteiger partial charge in [-0.3, -0.25) is 0 Å². The lowest BCUT2D eigenvalue weighted by atomic mass is 10.0. The number of furan rings is 1. The Bertz CT molecular complexity index is 1110. The first-order chi connectivity index (χ1) is 12.6. The number of azo groups is 1. The Morgan fingerprint density at radius 3 is 2.23 bits per heavy atom. The summed E-state index contributed by atoms with van der Waals surface area (Å²) in [5.74, 6) is 0.322. The zero-order chi connectivity index (χ0) is 18.1. The summed E-state index contributed by atoms with van der Waals surface area (Å²) in [6.45, 7) is 4.09. The van der Waals surface area contributed by atoms with Gasteiger partial charge in [-0.05, 0) is 42.8 Å². The highest BCUT2D eigenvalue weighted by Crippen LogP contribution is 2.37. The van der Waals surface area contributed by atoms with Gasteiger partial charge in [0, 0.05) is 11.6 Å². The van der Waals surface area contributed by atoms with Crippen molar-refractivity contribution in [2.75, 3.05) is 0 Å². The summed E-state index contributed by atoms with van der Waals surface area (Å²) < 4.78 is 5.48. The average Bonchev–Trinajstić information content (AvgIpc) is 3.01. The molecular formula is C22H18N2O2. The second-order valence-electron chi connectivity index (χ2n) is 6.40. The summed E-state index contributed by atoms with van der Waals surface area (Å²) in [5.41, 5.74) is 4.29. The van der Waals surface area contributed by atoms with Gasteiger partial charge in [0.15, 0.2) is 5.69 Å². The largest absolute Gasteiger partial charge is 0.479 e. The molecule has 0 amide bonds. The minimum atomic E-state index is -0.236. The molecule has 1 aromatic heterocycles. The Morgan fingerprint density at radius 2 is 1.42 bits per heavy atom. The Hall–Kier alpha value is -3.40.